The van der Waals surface area contributed by atoms with Crippen molar-refractivity contribution in [3.63, 3.8) is 0 Å². The van der Waals surface area contributed by atoms with Crippen LogP contribution >= 0.6 is 0 Å². The molecule has 1 aromatic carbocycles. The summed E-state index contributed by atoms with van der Waals surface area (Å²) >= 11 is 0. The first-order valence-corrected chi connectivity index (χ1v) is 10.0. The normalized spacial score (nSPS) is 11.2. The summed E-state index contributed by atoms with van der Waals surface area (Å²) in [6.45, 7) is 0.617. The van der Waals surface area contributed by atoms with Crippen molar-refractivity contribution in [2.45, 2.75) is 25.6 Å². The summed E-state index contributed by atoms with van der Waals surface area (Å²) in [6, 6.07) is 18.5. The van der Waals surface area contributed by atoms with Crippen molar-refractivity contribution in [1.82, 2.24) is 9.97 Å². The average Bonchev–Trinajstić information content (AvgIpc) is 2.83. The Labute approximate surface area is 197 Å². The first kappa shape index (κ1) is 26.8. The molecule has 35 heavy (non-hydrogen) atoms. The number of carboxylic acid groups (broad SMARTS) is 2. The Morgan fingerprint density at radius 1 is 0.971 bits per heavy atom. The predicted octanol–water partition coefficient (Wildman–Crippen LogP) is 3.97. The number of nitrogens with one attached hydrogen (secondary N) is 1. The molecular formula is C23H21F3N4O5. The minimum absolute atomic E-state index is 0.0000228. The van der Waals surface area contributed by atoms with E-state index in [0.29, 0.717) is 35.6 Å². The second-order valence-electron chi connectivity index (χ2n) is 6.92. The third-order valence-corrected chi connectivity index (χ3v) is 4.35. The van der Waals surface area contributed by atoms with Crippen LogP contribution in [-0.4, -0.2) is 49.2 Å². The fourth-order valence-electron chi connectivity index (χ4n) is 2.68. The Morgan fingerprint density at radius 3 is 2.20 bits per heavy atom. The smallest absolute Gasteiger partial charge is 0.481 e. The third-order valence-electron chi connectivity index (χ3n) is 4.35. The van der Waals surface area contributed by atoms with Crippen LogP contribution in [0.5, 0.6) is 0 Å². The highest BCUT2D eigenvalue weighted by Crippen LogP contribution is 2.14. The van der Waals surface area contributed by atoms with Gasteiger partial charge in [-0.15, -0.1) is 0 Å². The van der Waals surface area contributed by atoms with Crippen LogP contribution in [0.2, 0.25) is 0 Å². The Hall–Kier alpha value is -4.48. The number of oxime groups is 1. The Kier molecular flexibility index (Phi) is 9.70. The molecule has 2 heterocycles. The maximum Gasteiger partial charge on any atom is 0.490 e. The number of aryl methyl sites for hydroxylation is 1. The molecule has 0 spiro atoms. The number of anilines is 1. The summed E-state index contributed by atoms with van der Waals surface area (Å²) in [7, 11) is 0. The molecule has 0 radical (unpaired) electrons. The topological polar surface area (TPSA) is 145 Å². The maximum absolute atomic E-state index is 10.7. The molecule has 184 valence electrons. The highest BCUT2D eigenvalue weighted by atomic mass is 19.4. The number of carbonyl (C=O) groups is 2. The number of alkyl halides is 3. The van der Waals surface area contributed by atoms with Crippen molar-refractivity contribution in [3.8, 4) is 0 Å². The van der Waals surface area contributed by atoms with E-state index in [1.54, 1.807) is 24.4 Å². The van der Waals surface area contributed by atoms with Gasteiger partial charge in [-0.25, -0.2) is 9.78 Å². The molecule has 3 rings (SSSR count). The van der Waals surface area contributed by atoms with E-state index in [0.717, 1.165) is 11.4 Å². The van der Waals surface area contributed by atoms with Gasteiger partial charge in [-0.1, -0.05) is 41.6 Å². The zero-order chi connectivity index (χ0) is 25.8. The Balaban J connectivity index is 0.000000540. The van der Waals surface area contributed by atoms with Crippen LogP contribution in [0.25, 0.3) is 0 Å². The summed E-state index contributed by atoms with van der Waals surface area (Å²) in [4.78, 5) is 28.3. The first-order valence-electron chi connectivity index (χ1n) is 10.0. The van der Waals surface area contributed by atoms with Crippen LogP contribution in [0.1, 0.15) is 28.9 Å². The highest BCUT2D eigenvalue weighted by Gasteiger charge is 2.38. The summed E-state index contributed by atoms with van der Waals surface area (Å²) in [6.07, 6.45) is -3.03. The lowest BCUT2D eigenvalue weighted by molar-refractivity contribution is -0.192. The molecule has 0 atom stereocenters. The molecule has 9 nitrogen and oxygen atoms in total. The molecule has 0 saturated heterocycles. The number of benzene rings is 1. The number of carboxylic acids is 2. The summed E-state index contributed by atoms with van der Waals surface area (Å²) in [5.41, 5.74) is 3.23. The van der Waals surface area contributed by atoms with E-state index in [4.69, 9.17) is 15.0 Å². The van der Waals surface area contributed by atoms with Crippen molar-refractivity contribution < 1.29 is 38.2 Å². The van der Waals surface area contributed by atoms with Gasteiger partial charge in [0.25, 0.3) is 0 Å². The molecule has 0 aliphatic carbocycles. The van der Waals surface area contributed by atoms with Crippen LogP contribution in [0.4, 0.5) is 19.0 Å². The molecule has 0 unspecified atom stereocenters. The number of halogens is 3. The van der Waals surface area contributed by atoms with Gasteiger partial charge in [-0.3, -0.25) is 9.78 Å². The second-order valence-corrected chi connectivity index (χ2v) is 6.92. The van der Waals surface area contributed by atoms with Crippen molar-refractivity contribution in [1.29, 1.82) is 0 Å². The van der Waals surface area contributed by atoms with E-state index in [9.17, 15) is 23.2 Å². The largest absolute Gasteiger partial charge is 0.490 e. The number of aliphatic carboxylic acids is 2. The molecule has 0 saturated carbocycles. The molecule has 0 aliphatic heterocycles. The molecule has 3 aromatic rings. The van der Waals surface area contributed by atoms with Crippen LogP contribution in [0.15, 0.2) is 72.0 Å². The molecular weight excluding hydrogens is 469 g/mol. The average molecular weight is 490 g/mol. The molecule has 2 aromatic heterocycles. The molecule has 0 fully saturated rings. The SMILES string of the molecule is O=C(O)C(F)(F)F.O=C(O)CCc1cccc(C(=NO)c2ccc(CNc3ccccn3)cc2)n1. The standard InChI is InChI=1S/C21H20N4O3.C2HF3O2/c26-20(27)12-11-17-4-3-5-18(24-17)21(25-28)16-9-7-15(8-10-16)14-23-19-6-1-2-13-22-19;3-2(4,5)1(6)7/h1-10,13,28H,11-12,14H2,(H,22,23)(H,26,27);(H,6,7). The van der Waals surface area contributed by atoms with Crippen molar-refractivity contribution in [2.75, 3.05) is 5.32 Å². The maximum atomic E-state index is 10.7. The summed E-state index contributed by atoms with van der Waals surface area (Å²) < 4.78 is 31.7. The summed E-state index contributed by atoms with van der Waals surface area (Å²) in [5.74, 6) is -2.84. The van der Waals surface area contributed by atoms with Gasteiger partial charge in [-0.2, -0.15) is 13.2 Å². The van der Waals surface area contributed by atoms with Crippen molar-refractivity contribution >= 4 is 23.5 Å². The van der Waals surface area contributed by atoms with E-state index >= 15 is 0 Å². The molecule has 0 aliphatic rings. The van der Waals surface area contributed by atoms with Gasteiger partial charge in [0.15, 0.2) is 0 Å². The number of rotatable bonds is 8. The molecule has 12 heteroatoms. The van der Waals surface area contributed by atoms with Gasteiger partial charge >= 0.3 is 18.1 Å². The van der Waals surface area contributed by atoms with Crippen LogP contribution in [0, 0.1) is 0 Å². The van der Waals surface area contributed by atoms with E-state index in [-0.39, 0.29) is 6.42 Å². The Morgan fingerprint density at radius 2 is 1.66 bits per heavy atom. The third kappa shape index (κ3) is 9.12. The lowest BCUT2D eigenvalue weighted by Crippen LogP contribution is -2.21. The van der Waals surface area contributed by atoms with E-state index in [2.05, 4.69) is 20.4 Å². The van der Waals surface area contributed by atoms with E-state index in [1.165, 1.54) is 0 Å². The molecule has 0 amide bonds. The molecule has 4 N–H and O–H groups in total. The minimum atomic E-state index is -5.08. The quantitative estimate of drug-likeness (QED) is 0.211. The van der Waals surface area contributed by atoms with E-state index in [1.807, 2.05) is 42.5 Å². The van der Waals surface area contributed by atoms with Gasteiger partial charge in [0.05, 0.1) is 12.1 Å². The van der Waals surface area contributed by atoms with Gasteiger partial charge in [0, 0.05) is 30.4 Å². The number of nitrogens with zero attached hydrogens (tertiary/aromatic N) is 3. The second kappa shape index (κ2) is 12.7. The monoisotopic (exact) mass is 490 g/mol. The predicted molar refractivity (Wildman–Crippen MR) is 119 cm³/mol. The Bertz CT molecular complexity index is 1150. The lowest BCUT2D eigenvalue weighted by Gasteiger charge is -2.09. The van der Waals surface area contributed by atoms with E-state index < -0.39 is 18.1 Å². The van der Waals surface area contributed by atoms with Gasteiger partial charge in [0.2, 0.25) is 0 Å². The summed E-state index contributed by atoms with van der Waals surface area (Å²) in [5, 5.41) is 32.1. The zero-order valence-corrected chi connectivity index (χ0v) is 18.1. The number of hydrogen-bond donors (Lipinski definition) is 4. The number of hydrogen-bond acceptors (Lipinski definition) is 7. The van der Waals surface area contributed by atoms with Crippen molar-refractivity contribution in [3.05, 3.63) is 89.4 Å². The fourth-order valence-corrected chi connectivity index (χ4v) is 2.68. The highest BCUT2D eigenvalue weighted by molar-refractivity contribution is 6.11. The van der Waals surface area contributed by atoms with Crippen LogP contribution < -0.4 is 5.32 Å². The number of pyridine rings is 2. The van der Waals surface area contributed by atoms with Gasteiger partial charge in [0.1, 0.15) is 11.5 Å². The minimum Gasteiger partial charge on any atom is -0.481 e. The van der Waals surface area contributed by atoms with Gasteiger partial charge < -0.3 is 20.7 Å². The van der Waals surface area contributed by atoms with Crippen LogP contribution in [0.3, 0.4) is 0 Å². The zero-order valence-electron chi connectivity index (χ0n) is 18.1. The van der Waals surface area contributed by atoms with Gasteiger partial charge in [-0.05, 0) is 29.8 Å². The van der Waals surface area contributed by atoms with Crippen LogP contribution in [-0.2, 0) is 22.6 Å². The van der Waals surface area contributed by atoms with Crippen molar-refractivity contribution in [2.24, 2.45) is 5.16 Å². The molecule has 0 bridgehead atoms. The lowest BCUT2D eigenvalue weighted by atomic mass is 10.0. The fraction of sp³-hybridized carbons (Fsp3) is 0.174. The first-order chi connectivity index (χ1) is 16.6. The number of aromatic nitrogens is 2.